The second-order valence-electron chi connectivity index (χ2n) is 7.37. The van der Waals surface area contributed by atoms with Gasteiger partial charge in [0.2, 0.25) is 5.89 Å². The molecular formula is C20H28BN3O3. The normalized spacial score (nSPS) is 26.9. The molecule has 144 valence electrons. The lowest BCUT2D eigenvalue weighted by Crippen LogP contribution is -2.61. The van der Waals surface area contributed by atoms with E-state index in [0.717, 1.165) is 44.6 Å². The lowest BCUT2D eigenvalue weighted by Gasteiger charge is -2.50. The maximum atomic E-state index is 10.9. The smallest absolute Gasteiger partial charge is 0.250 e. The molecule has 0 radical (unpaired) electrons. The van der Waals surface area contributed by atoms with Gasteiger partial charge in [0.15, 0.2) is 5.82 Å². The highest BCUT2D eigenvalue weighted by atomic mass is 16.5. The van der Waals surface area contributed by atoms with Crippen molar-refractivity contribution in [3.8, 4) is 5.75 Å². The molecule has 2 aromatic rings. The van der Waals surface area contributed by atoms with Crippen LogP contribution in [-0.2, 0) is 6.42 Å². The predicted octanol–water partition coefficient (Wildman–Crippen LogP) is 1.29. The number of nitrogens with zero attached hydrogens (tertiary/aromatic N) is 3. The number of rotatable bonds is 6. The van der Waals surface area contributed by atoms with E-state index in [9.17, 15) is 5.11 Å². The Balaban J connectivity index is 0.00000210. The first-order valence-corrected chi connectivity index (χ1v) is 9.24. The molecule has 3 aliphatic rings. The molecule has 1 aromatic heterocycles. The van der Waals surface area contributed by atoms with Crippen LogP contribution in [0.15, 0.2) is 34.9 Å². The van der Waals surface area contributed by atoms with Crippen molar-refractivity contribution in [2.24, 2.45) is 5.92 Å². The highest BCUT2D eigenvalue weighted by Gasteiger charge is 2.45. The summed E-state index contributed by atoms with van der Waals surface area (Å²) in [5, 5.41) is 14.7. The second kappa shape index (κ2) is 8.27. The van der Waals surface area contributed by atoms with Gasteiger partial charge in [-0.3, -0.25) is 0 Å². The van der Waals surface area contributed by atoms with Gasteiger partial charge in [0, 0.05) is 6.54 Å². The second-order valence-corrected chi connectivity index (χ2v) is 7.37. The molecule has 1 N–H and O–H groups in total. The lowest BCUT2D eigenvalue weighted by atomic mass is 9.76. The molecule has 3 fully saturated rings. The van der Waals surface area contributed by atoms with Crippen molar-refractivity contribution in [1.82, 2.24) is 15.0 Å². The summed E-state index contributed by atoms with van der Waals surface area (Å²) >= 11 is 0. The van der Waals surface area contributed by atoms with Crippen LogP contribution in [0.5, 0.6) is 5.75 Å². The molecule has 27 heavy (non-hydrogen) atoms. The molecule has 5 rings (SSSR count). The summed E-state index contributed by atoms with van der Waals surface area (Å²) in [6.45, 7) is 5.11. The SMILES string of the molecule is B.Cc1noc(/C=C/Cc2ccc(OCC3(O)CN4CCC3CC4)cc2)n1. The number of aliphatic hydroxyl groups is 1. The Kier molecular flexibility index (Phi) is 6.02. The van der Waals surface area contributed by atoms with Crippen LogP contribution in [0, 0.1) is 12.8 Å². The number of aryl methyl sites for hydroxylation is 1. The average molecular weight is 369 g/mol. The summed E-state index contributed by atoms with van der Waals surface area (Å²) in [5.41, 5.74) is 0.464. The first-order chi connectivity index (χ1) is 12.6. The van der Waals surface area contributed by atoms with Crippen molar-refractivity contribution >= 4 is 14.5 Å². The first kappa shape index (κ1) is 19.6. The van der Waals surface area contributed by atoms with Gasteiger partial charge in [-0.2, -0.15) is 4.98 Å². The van der Waals surface area contributed by atoms with Crippen molar-refractivity contribution in [3.05, 3.63) is 47.6 Å². The summed E-state index contributed by atoms with van der Waals surface area (Å²) in [6, 6.07) is 8.01. The number of benzene rings is 1. The van der Waals surface area contributed by atoms with E-state index in [1.807, 2.05) is 36.4 Å². The van der Waals surface area contributed by atoms with Crippen molar-refractivity contribution in [2.45, 2.75) is 31.8 Å². The zero-order valence-corrected chi connectivity index (χ0v) is 15.1. The van der Waals surface area contributed by atoms with E-state index in [2.05, 4.69) is 15.0 Å². The molecule has 2 bridgehead atoms. The van der Waals surface area contributed by atoms with Gasteiger partial charge in [-0.15, -0.1) is 0 Å². The number of ether oxygens (including phenoxy) is 1. The van der Waals surface area contributed by atoms with Crippen LogP contribution < -0.4 is 4.74 Å². The van der Waals surface area contributed by atoms with Crippen LogP contribution in [0.1, 0.15) is 30.1 Å². The van der Waals surface area contributed by atoms with Gasteiger partial charge in [0.25, 0.3) is 0 Å². The van der Waals surface area contributed by atoms with E-state index in [4.69, 9.17) is 9.26 Å². The van der Waals surface area contributed by atoms with Crippen LogP contribution in [0.4, 0.5) is 0 Å². The monoisotopic (exact) mass is 369 g/mol. The third-order valence-electron chi connectivity index (χ3n) is 5.41. The van der Waals surface area contributed by atoms with Crippen LogP contribution in [0.25, 0.3) is 6.08 Å². The van der Waals surface area contributed by atoms with Gasteiger partial charge in [0.1, 0.15) is 18.0 Å². The quantitative estimate of drug-likeness (QED) is 0.774. The van der Waals surface area contributed by atoms with Crippen molar-refractivity contribution in [3.63, 3.8) is 0 Å². The maximum absolute atomic E-state index is 10.9. The van der Waals surface area contributed by atoms with E-state index in [1.165, 1.54) is 5.56 Å². The van der Waals surface area contributed by atoms with Crippen LogP contribution in [0.3, 0.4) is 0 Å². The zero-order valence-electron chi connectivity index (χ0n) is 15.1. The van der Waals surface area contributed by atoms with Gasteiger partial charge >= 0.3 is 0 Å². The minimum absolute atomic E-state index is 0. The molecule has 7 heteroatoms. The molecule has 6 nitrogen and oxygen atoms in total. The maximum Gasteiger partial charge on any atom is 0.250 e. The number of aromatic nitrogens is 2. The van der Waals surface area contributed by atoms with Crippen molar-refractivity contribution in [1.29, 1.82) is 0 Å². The Morgan fingerprint density at radius 3 is 2.63 bits per heavy atom. The molecule has 0 saturated carbocycles. The predicted molar refractivity (Wildman–Crippen MR) is 108 cm³/mol. The Morgan fingerprint density at radius 1 is 1.30 bits per heavy atom. The first-order valence-electron chi connectivity index (χ1n) is 9.24. The summed E-state index contributed by atoms with van der Waals surface area (Å²) in [5.74, 6) is 2.32. The largest absolute Gasteiger partial charge is 0.491 e. The molecule has 1 atom stereocenters. The van der Waals surface area contributed by atoms with Gasteiger partial charge in [-0.25, -0.2) is 0 Å². The summed E-state index contributed by atoms with van der Waals surface area (Å²) in [6.07, 6.45) is 6.75. The molecule has 3 saturated heterocycles. The molecular weight excluding hydrogens is 341 g/mol. The Labute approximate surface area is 161 Å². The molecule has 0 spiro atoms. The molecule has 0 amide bonds. The number of allylic oxidation sites excluding steroid dienone is 1. The highest BCUT2D eigenvalue weighted by molar-refractivity contribution is 5.75. The molecule has 1 aromatic carbocycles. The van der Waals surface area contributed by atoms with E-state index in [-0.39, 0.29) is 8.41 Å². The fourth-order valence-corrected chi connectivity index (χ4v) is 3.91. The van der Waals surface area contributed by atoms with E-state index >= 15 is 0 Å². The summed E-state index contributed by atoms with van der Waals surface area (Å²) in [4.78, 5) is 6.47. The molecule has 0 aliphatic carbocycles. The topological polar surface area (TPSA) is 71.6 Å². The molecule has 1 unspecified atom stereocenters. The Bertz CT molecular complexity index is 769. The number of hydrogen-bond acceptors (Lipinski definition) is 6. The van der Waals surface area contributed by atoms with Gasteiger partial charge in [0.05, 0.1) is 8.41 Å². The summed E-state index contributed by atoms with van der Waals surface area (Å²) in [7, 11) is 0. The number of hydrogen-bond donors (Lipinski definition) is 1. The van der Waals surface area contributed by atoms with E-state index in [0.29, 0.717) is 24.2 Å². The summed E-state index contributed by atoms with van der Waals surface area (Å²) < 4.78 is 11.0. The average Bonchev–Trinajstić information content (AvgIpc) is 3.07. The molecule has 4 heterocycles. The fourth-order valence-electron chi connectivity index (χ4n) is 3.91. The van der Waals surface area contributed by atoms with Crippen LogP contribution >= 0.6 is 0 Å². The van der Waals surface area contributed by atoms with E-state index < -0.39 is 5.60 Å². The number of piperidine rings is 3. The third-order valence-corrected chi connectivity index (χ3v) is 5.41. The van der Waals surface area contributed by atoms with Gasteiger partial charge in [-0.05, 0) is 69.0 Å². The number of fused-ring (bicyclic) bond motifs is 3. The van der Waals surface area contributed by atoms with Crippen LogP contribution in [0.2, 0.25) is 0 Å². The fraction of sp³-hybridized carbons (Fsp3) is 0.500. The third kappa shape index (κ3) is 4.60. The van der Waals surface area contributed by atoms with Gasteiger partial charge in [-0.1, -0.05) is 23.4 Å². The standard InChI is InChI=1S/C20H25N3O3.BH3/c1-15-21-19(26-22-15)4-2-3-16-5-7-18(8-6-16)25-14-20(24)13-23-11-9-17(20)10-12-23;/h2,4-8,17,24H,3,9-14H2,1H3;1H3/b4-2+;. The minimum Gasteiger partial charge on any atom is -0.491 e. The van der Waals surface area contributed by atoms with Crippen LogP contribution in [-0.4, -0.2) is 60.4 Å². The van der Waals surface area contributed by atoms with E-state index in [1.54, 1.807) is 6.92 Å². The highest BCUT2D eigenvalue weighted by Crippen LogP contribution is 2.36. The lowest BCUT2D eigenvalue weighted by molar-refractivity contribution is -0.131. The Hall–Kier alpha value is -2.12. The van der Waals surface area contributed by atoms with Crippen molar-refractivity contribution in [2.75, 3.05) is 26.2 Å². The minimum atomic E-state index is -0.708. The van der Waals surface area contributed by atoms with Crippen molar-refractivity contribution < 1.29 is 14.4 Å². The Morgan fingerprint density at radius 2 is 2.04 bits per heavy atom. The zero-order chi connectivity index (χ0) is 18.0. The molecule has 3 aliphatic heterocycles. The van der Waals surface area contributed by atoms with Gasteiger partial charge < -0.3 is 19.3 Å².